The number of fused-ring (bicyclic) bond motifs is 3. The molecule has 19 heavy (non-hydrogen) atoms. The van der Waals surface area contributed by atoms with Crippen LogP contribution in [0.2, 0.25) is 0 Å². The fraction of sp³-hybridized carbons (Fsp3) is 0.133. The van der Waals surface area contributed by atoms with Crippen molar-refractivity contribution in [2.45, 2.75) is 6.92 Å². The maximum Gasteiger partial charge on any atom is 0.344 e. The van der Waals surface area contributed by atoms with E-state index in [1.54, 1.807) is 6.07 Å². The molecule has 3 aromatic rings. The molecule has 0 fully saturated rings. The predicted octanol–water partition coefficient (Wildman–Crippen LogP) is 2.97. The summed E-state index contributed by atoms with van der Waals surface area (Å²) in [6.45, 7) is 1.86. The average molecular weight is 256 g/mol. The largest absolute Gasteiger partial charge is 0.504 e. The molecular formula is C15H12O4. The highest BCUT2D eigenvalue weighted by Gasteiger charge is 2.15. The van der Waals surface area contributed by atoms with Crippen LogP contribution < -0.4 is 10.4 Å². The molecule has 0 atom stereocenters. The molecule has 1 N–H and O–H groups in total. The number of hydrogen-bond acceptors (Lipinski definition) is 4. The van der Waals surface area contributed by atoms with Crippen LogP contribution in [0.5, 0.6) is 11.5 Å². The fourth-order valence-electron chi connectivity index (χ4n) is 2.37. The number of aromatic hydroxyl groups is 1. The summed E-state index contributed by atoms with van der Waals surface area (Å²) in [7, 11) is 1.43. The minimum atomic E-state index is -0.426. The van der Waals surface area contributed by atoms with Crippen LogP contribution in [0, 0.1) is 6.92 Å². The Balaban J connectivity index is 2.64. The molecule has 1 heterocycles. The molecule has 0 bridgehead atoms. The zero-order valence-corrected chi connectivity index (χ0v) is 10.6. The lowest BCUT2D eigenvalue weighted by molar-refractivity contribution is 0.369. The lowest BCUT2D eigenvalue weighted by Crippen LogP contribution is -2.02. The van der Waals surface area contributed by atoms with Crippen molar-refractivity contribution < 1.29 is 14.3 Å². The second-order valence-electron chi connectivity index (χ2n) is 4.38. The van der Waals surface area contributed by atoms with Crippen LogP contribution in [-0.2, 0) is 0 Å². The van der Waals surface area contributed by atoms with E-state index >= 15 is 0 Å². The standard InChI is InChI=1S/C15H12O4/c1-8-4-3-5-9-10-6-7-11(16)14(18-2)13(10)19-15(17)12(8)9/h3-7,16H,1-2H3. The van der Waals surface area contributed by atoms with Gasteiger partial charge in [-0.1, -0.05) is 18.2 Å². The van der Waals surface area contributed by atoms with Crippen LogP contribution in [0.15, 0.2) is 39.5 Å². The van der Waals surface area contributed by atoms with E-state index in [1.807, 2.05) is 25.1 Å². The number of hydrogen-bond donors (Lipinski definition) is 1. The van der Waals surface area contributed by atoms with Gasteiger partial charge in [0.2, 0.25) is 5.75 Å². The van der Waals surface area contributed by atoms with Crippen molar-refractivity contribution in [3.8, 4) is 11.5 Å². The number of aryl methyl sites for hydroxylation is 1. The molecule has 0 aliphatic carbocycles. The van der Waals surface area contributed by atoms with Crippen LogP contribution in [0.3, 0.4) is 0 Å². The lowest BCUT2D eigenvalue weighted by atomic mass is 10.0. The smallest absolute Gasteiger partial charge is 0.344 e. The van der Waals surface area contributed by atoms with E-state index in [4.69, 9.17) is 9.15 Å². The number of phenols is 1. The topological polar surface area (TPSA) is 59.7 Å². The first-order chi connectivity index (χ1) is 9.13. The van der Waals surface area contributed by atoms with Crippen molar-refractivity contribution >= 4 is 21.7 Å². The third kappa shape index (κ3) is 1.57. The summed E-state index contributed by atoms with van der Waals surface area (Å²) in [5, 5.41) is 11.8. The zero-order chi connectivity index (χ0) is 13.6. The van der Waals surface area contributed by atoms with Gasteiger partial charge in [0.1, 0.15) is 0 Å². The Morgan fingerprint density at radius 1 is 1.16 bits per heavy atom. The molecular weight excluding hydrogens is 244 g/mol. The van der Waals surface area contributed by atoms with Gasteiger partial charge in [-0.3, -0.25) is 0 Å². The molecule has 4 heteroatoms. The molecule has 1 aromatic heterocycles. The molecule has 0 radical (unpaired) electrons. The minimum Gasteiger partial charge on any atom is -0.504 e. The molecule has 0 saturated heterocycles. The molecule has 4 nitrogen and oxygen atoms in total. The Bertz CT molecular complexity index is 846. The van der Waals surface area contributed by atoms with E-state index < -0.39 is 5.63 Å². The number of rotatable bonds is 1. The summed E-state index contributed by atoms with van der Waals surface area (Å²) in [4.78, 5) is 12.1. The van der Waals surface area contributed by atoms with Crippen LogP contribution in [0.1, 0.15) is 5.56 Å². The number of ether oxygens (including phenoxy) is 1. The van der Waals surface area contributed by atoms with Crippen molar-refractivity contribution in [2.24, 2.45) is 0 Å². The Kier molecular flexibility index (Phi) is 2.45. The van der Waals surface area contributed by atoms with Gasteiger partial charge in [-0.2, -0.15) is 0 Å². The van der Waals surface area contributed by atoms with E-state index in [9.17, 15) is 9.90 Å². The maximum absolute atomic E-state index is 12.1. The van der Waals surface area contributed by atoms with Gasteiger partial charge in [0.15, 0.2) is 11.3 Å². The van der Waals surface area contributed by atoms with E-state index in [0.29, 0.717) is 5.39 Å². The molecule has 0 spiro atoms. The third-order valence-corrected chi connectivity index (χ3v) is 3.26. The average Bonchev–Trinajstić information content (AvgIpc) is 2.38. The summed E-state index contributed by atoms with van der Waals surface area (Å²) in [6, 6.07) is 8.86. The Hall–Kier alpha value is -2.49. The normalized spacial score (nSPS) is 11.1. The SMILES string of the molecule is COc1c(O)ccc2c1oc(=O)c1c(C)cccc12. The highest BCUT2D eigenvalue weighted by atomic mass is 16.5. The van der Waals surface area contributed by atoms with Crippen molar-refractivity contribution in [2.75, 3.05) is 7.11 Å². The molecule has 0 saturated carbocycles. The molecule has 96 valence electrons. The summed E-state index contributed by atoms with van der Waals surface area (Å²) in [5.41, 5.74) is 0.704. The van der Waals surface area contributed by atoms with Gasteiger partial charge < -0.3 is 14.3 Å². The van der Waals surface area contributed by atoms with E-state index in [1.165, 1.54) is 13.2 Å². The first kappa shape index (κ1) is 11.6. The van der Waals surface area contributed by atoms with Gasteiger partial charge in [-0.05, 0) is 24.6 Å². The lowest BCUT2D eigenvalue weighted by Gasteiger charge is -2.09. The molecule has 3 rings (SSSR count). The van der Waals surface area contributed by atoms with Crippen molar-refractivity contribution in [1.29, 1.82) is 0 Å². The minimum absolute atomic E-state index is 0.0508. The van der Waals surface area contributed by atoms with Crippen LogP contribution >= 0.6 is 0 Å². The quantitative estimate of drug-likeness (QED) is 0.537. The summed E-state index contributed by atoms with van der Waals surface area (Å²) in [5.74, 6) is 0.128. The summed E-state index contributed by atoms with van der Waals surface area (Å²) >= 11 is 0. The monoisotopic (exact) mass is 256 g/mol. The van der Waals surface area contributed by atoms with Crippen molar-refractivity contribution in [3.63, 3.8) is 0 Å². The molecule has 0 amide bonds. The first-order valence-electron chi connectivity index (χ1n) is 5.85. The molecule has 2 aromatic carbocycles. The van der Waals surface area contributed by atoms with E-state index in [2.05, 4.69) is 0 Å². The summed E-state index contributed by atoms with van der Waals surface area (Å²) in [6.07, 6.45) is 0. The maximum atomic E-state index is 12.1. The number of methoxy groups -OCH3 is 1. The van der Waals surface area contributed by atoms with Gasteiger partial charge in [0.05, 0.1) is 12.5 Å². The first-order valence-corrected chi connectivity index (χ1v) is 5.85. The molecule has 0 unspecified atom stereocenters. The second-order valence-corrected chi connectivity index (χ2v) is 4.38. The Labute approximate surface area is 108 Å². The van der Waals surface area contributed by atoms with Crippen LogP contribution in [0.4, 0.5) is 0 Å². The zero-order valence-electron chi connectivity index (χ0n) is 10.6. The molecule has 0 aliphatic rings. The fourth-order valence-corrected chi connectivity index (χ4v) is 2.37. The highest BCUT2D eigenvalue weighted by molar-refractivity contribution is 6.07. The Morgan fingerprint density at radius 3 is 2.68 bits per heavy atom. The van der Waals surface area contributed by atoms with Crippen molar-refractivity contribution in [1.82, 2.24) is 0 Å². The van der Waals surface area contributed by atoms with Gasteiger partial charge in [0, 0.05) is 10.8 Å². The Morgan fingerprint density at radius 2 is 1.95 bits per heavy atom. The number of phenolic OH excluding ortho intramolecular Hbond substituents is 1. The van der Waals surface area contributed by atoms with Gasteiger partial charge >= 0.3 is 5.63 Å². The summed E-state index contributed by atoms with van der Waals surface area (Å²) < 4.78 is 10.4. The predicted molar refractivity (Wildman–Crippen MR) is 72.9 cm³/mol. The third-order valence-electron chi connectivity index (χ3n) is 3.26. The highest BCUT2D eigenvalue weighted by Crippen LogP contribution is 2.36. The number of benzene rings is 2. The second kappa shape index (κ2) is 4.02. The van der Waals surface area contributed by atoms with E-state index in [0.717, 1.165) is 16.3 Å². The van der Waals surface area contributed by atoms with Crippen LogP contribution in [0.25, 0.3) is 21.7 Å². The van der Waals surface area contributed by atoms with Gasteiger partial charge in [-0.25, -0.2) is 4.79 Å². The van der Waals surface area contributed by atoms with Gasteiger partial charge in [0.25, 0.3) is 0 Å². The molecule has 0 aliphatic heterocycles. The van der Waals surface area contributed by atoms with Crippen LogP contribution in [-0.4, -0.2) is 12.2 Å². The van der Waals surface area contributed by atoms with E-state index in [-0.39, 0.29) is 17.1 Å². The van der Waals surface area contributed by atoms with Gasteiger partial charge in [-0.15, -0.1) is 0 Å². The van der Waals surface area contributed by atoms with Crippen molar-refractivity contribution in [3.05, 3.63) is 46.3 Å².